The molecule has 0 N–H and O–H groups in total. The van der Waals surface area contributed by atoms with Crippen LogP contribution in [0.1, 0.15) is 31.0 Å². The molecule has 2 heterocycles. The number of carbonyl (C=O) groups is 1. The first kappa shape index (κ1) is 25.6. The molecule has 0 radical (unpaired) electrons. The Labute approximate surface area is 228 Å². The molecule has 0 aliphatic carbocycles. The van der Waals surface area contributed by atoms with Gasteiger partial charge in [0.2, 0.25) is 0 Å². The third-order valence-corrected chi connectivity index (χ3v) is 7.93. The number of fused-ring (bicyclic) bond motifs is 1. The number of rotatable bonds is 6. The normalized spacial score (nSPS) is 15.5. The molecular weight excluding hydrogens is 647 g/mol. The Kier molecular flexibility index (Phi) is 7.82. The lowest BCUT2D eigenvalue weighted by Crippen LogP contribution is -2.40. The minimum atomic E-state index is -0.689. The number of nitrogens with zero attached hydrogens (tertiary/aromatic N) is 2. The fourth-order valence-electron chi connectivity index (χ4n) is 3.88. The Morgan fingerprint density at radius 3 is 2.54 bits per heavy atom. The van der Waals surface area contributed by atoms with Gasteiger partial charge in [-0.25, -0.2) is 9.79 Å². The molecule has 7 nitrogen and oxygen atoms in total. The van der Waals surface area contributed by atoms with Crippen molar-refractivity contribution >= 4 is 61.9 Å². The van der Waals surface area contributed by atoms with Crippen molar-refractivity contribution in [1.29, 1.82) is 0 Å². The number of benzene rings is 2. The number of carbonyl (C=O) groups excluding carboxylic acids is 1. The van der Waals surface area contributed by atoms with E-state index in [1.807, 2.05) is 36.4 Å². The van der Waals surface area contributed by atoms with Gasteiger partial charge in [-0.15, -0.1) is 0 Å². The zero-order chi connectivity index (χ0) is 25.3. The number of ether oxygens (including phenoxy) is 3. The Balaban J connectivity index is 1.94. The lowest BCUT2D eigenvalue weighted by molar-refractivity contribution is -0.139. The summed E-state index contributed by atoms with van der Waals surface area (Å²) in [5, 5.41) is 0. The van der Waals surface area contributed by atoms with Crippen LogP contribution in [0.15, 0.2) is 61.9 Å². The van der Waals surface area contributed by atoms with Gasteiger partial charge in [-0.2, -0.15) is 0 Å². The van der Waals surface area contributed by atoms with E-state index in [-0.39, 0.29) is 12.2 Å². The predicted octanol–water partition coefficient (Wildman–Crippen LogP) is 4.18. The molecule has 1 aromatic heterocycles. The third kappa shape index (κ3) is 4.96. The van der Waals surface area contributed by atoms with E-state index in [2.05, 4.69) is 43.5 Å². The number of halogens is 2. The van der Waals surface area contributed by atoms with Gasteiger partial charge in [-0.3, -0.25) is 9.36 Å². The minimum Gasteiger partial charge on any atom is -0.496 e. The summed E-state index contributed by atoms with van der Waals surface area (Å²) in [6.07, 6.45) is 1.83. The average Bonchev–Trinajstić information content (AvgIpc) is 3.12. The van der Waals surface area contributed by atoms with E-state index in [1.165, 1.54) is 11.3 Å². The van der Waals surface area contributed by atoms with Gasteiger partial charge in [0.05, 0.1) is 50.7 Å². The van der Waals surface area contributed by atoms with Crippen molar-refractivity contribution < 1.29 is 19.0 Å². The number of methoxy groups -OCH3 is 2. The SMILES string of the molecule is CCOC(=O)C1=C(C)N=c2s/c(=C\c3ccc(OC)c(I)c3)c(=O)n2C1c1ccc(OC)c(Br)c1. The van der Waals surface area contributed by atoms with Gasteiger partial charge in [-0.1, -0.05) is 23.5 Å². The Morgan fingerprint density at radius 1 is 1.20 bits per heavy atom. The van der Waals surface area contributed by atoms with Gasteiger partial charge in [0.15, 0.2) is 4.80 Å². The van der Waals surface area contributed by atoms with Gasteiger partial charge in [-0.05, 0) is 93.8 Å². The number of hydrogen-bond donors (Lipinski definition) is 0. The Bertz CT molecular complexity index is 1530. The monoisotopic (exact) mass is 668 g/mol. The summed E-state index contributed by atoms with van der Waals surface area (Å²) < 4.78 is 19.8. The van der Waals surface area contributed by atoms with Gasteiger partial charge < -0.3 is 14.2 Å². The molecule has 182 valence electrons. The highest BCUT2D eigenvalue weighted by atomic mass is 127. The summed E-state index contributed by atoms with van der Waals surface area (Å²) in [5.74, 6) is 0.919. The fraction of sp³-hybridized carbons (Fsp3) is 0.240. The first-order chi connectivity index (χ1) is 16.8. The summed E-state index contributed by atoms with van der Waals surface area (Å²) in [4.78, 5) is 31.8. The molecule has 0 spiro atoms. The fourth-order valence-corrected chi connectivity index (χ4v) is 6.25. The zero-order valence-electron chi connectivity index (χ0n) is 19.4. The standard InChI is InChI=1S/C25H22BrIN2O5S/c1-5-34-24(31)21-13(2)28-25-29(22(21)15-7-9-18(32-3)16(26)12-15)23(30)20(35-25)11-14-6-8-19(33-4)17(27)10-14/h6-12,22H,5H2,1-4H3/b20-11-. The van der Waals surface area contributed by atoms with E-state index >= 15 is 0 Å². The van der Waals surface area contributed by atoms with E-state index in [9.17, 15) is 9.59 Å². The quantitative estimate of drug-likeness (QED) is 0.291. The molecule has 2 aromatic carbocycles. The van der Waals surface area contributed by atoms with Crippen LogP contribution >= 0.6 is 49.9 Å². The van der Waals surface area contributed by atoms with Crippen molar-refractivity contribution in [3.8, 4) is 11.5 Å². The zero-order valence-corrected chi connectivity index (χ0v) is 24.0. The number of thiazole rings is 1. The summed E-state index contributed by atoms with van der Waals surface area (Å²) in [7, 11) is 3.20. The van der Waals surface area contributed by atoms with Gasteiger partial charge >= 0.3 is 5.97 Å². The van der Waals surface area contributed by atoms with E-state index in [1.54, 1.807) is 38.7 Å². The van der Waals surface area contributed by atoms with E-state index in [0.29, 0.717) is 30.8 Å². The molecular formula is C25H22BrIN2O5S. The van der Waals surface area contributed by atoms with Crippen molar-refractivity contribution in [2.75, 3.05) is 20.8 Å². The maximum absolute atomic E-state index is 13.7. The molecule has 1 aliphatic heterocycles. The van der Waals surface area contributed by atoms with Crippen LogP contribution in [-0.4, -0.2) is 31.4 Å². The molecule has 3 aromatic rings. The lowest BCUT2D eigenvalue weighted by Gasteiger charge is -2.25. The summed E-state index contributed by atoms with van der Waals surface area (Å²) in [6.45, 7) is 3.73. The van der Waals surface area contributed by atoms with Crippen molar-refractivity contribution in [2.45, 2.75) is 19.9 Å². The van der Waals surface area contributed by atoms with E-state index in [0.717, 1.165) is 20.4 Å². The third-order valence-electron chi connectivity index (χ3n) is 5.48. The molecule has 1 atom stereocenters. The van der Waals surface area contributed by atoms with Crippen LogP contribution in [0.25, 0.3) is 6.08 Å². The molecule has 10 heteroatoms. The molecule has 1 unspecified atom stereocenters. The van der Waals surface area contributed by atoms with Crippen LogP contribution in [0.4, 0.5) is 0 Å². The van der Waals surface area contributed by atoms with Crippen LogP contribution in [0, 0.1) is 3.57 Å². The maximum Gasteiger partial charge on any atom is 0.338 e. The molecule has 35 heavy (non-hydrogen) atoms. The topological polar surface area (TPSA) is 79.1 Å². The van der Waals surface area contributed by atoms with Gasteiger partial charge in [0, 0.05) is 0 Å². The molecule has 0 amide bonds. The van der Waals surface area contributed by atoms with Gasteiger partial charge in [0.25, 0.3) is 5.56 Å². The van der Waals surface area contributed by atoms with Crippen LogP contribution in [0.2, 0.25) is 0 Å². The van der Waals surface area contributed by atoms with Crippen molar-refractivity contribution in [2.24, 2.45) is 4.99 Å². The van der Waals surface area contributed by atoms with Crippen molar-refractivity contribution in [1.82, 2.24) is 4.57 Å². The summed E-state index contributed by atoms with van der Waals surface area (Å²) in [5.41, 5.74) is 2.23. The first-order valence-electron chi connectivity index (χ1n) is 10.7. The second kappa shape index (κ2) is 10.7. The van der Waals surface area contributed by atoms with Crippen molar-refractivity contribution in [3.63, 3.8) is 0 Å². The lowest BCUT2D eigenvalue weighted by atomic mass is 9.96. The van der Waals surface area contributed by atoms with Crippen molar-refractivity contribution in [3.05, 3.63) is 86.5 Å². The Morgan fingerprint density at radius 2 is 1.91 bits per heavy atom. The average molecular weight is 669 g/mol. The first-order valence-corrected chi connectivity index (χ1v) is 13.3. The minimum absolute atomic E-state index is 0.217. The van der Waals surface area contributed by atoms with Crippen LogP contribution in [-0.2, 0) is 9.53 Å². The van der Waals surface area contributed by atoms with Crippen LogP contribution < -0.4 is 24.4 Å². The van der Waals surface area contributed by atoms with E-state index in [4.69, 9.17) is 14.2 Å². The molecule has 1 aliphatic rings. The van der Waals surface area contributed by atoms with Crippen LogP contribution in [0.5, 0.6) is 11.5 Å². The smallest absolute Gasteiger partial charge is 0.338 e. The van der Waals surface area contributed by atoms with E-state index < -0.39 is 12.0 Å². The number of esters is 1. The summed E-state index contributed by atoms with van der Waals surface area (Å²) >= 11 is 7.00. The summed E-state index contributed by atoms with van der Waals surface area (Å²) in [6, 6.07) is 10.5. The molecule has 0 saturated heterocycles. The van der Waals surface area contributed by atoms with Gasteiger partial charge in [0.1, 0.15) is 11.5 Å². The largest absolute Gasteiger partial charge is 0.496 e. The molecule has 0 bridgehead atoms. The number of allylic oxidation sites excluding steroid dienone is 1. The molecule has 0 saturated carbocycles. The maximum atomic E-state index is 13.7. The number of aromatic nitrogens is 1. The molecule has 4 rings (SSSR count). The second-order valence-corrected chi connectivity index (χ2v) is 10.6. The number of hydrogen-bond acceptors (Lipinski definition) is 7. The highest BCUT2D eigenvalue weighted by molar-refractivity contribution is 14.1. The Hall–Kier alpha value is -2.44. The molecule has 0 fully saturated rings. The predicted molar refractivity (Wildman–Crippen MR) is 147 cm³/mol. The van der Waals surface area contributed by atoms with Crippen LogP contribution in [0.3, 0.4) is 0 Å². The highest BCUT2D eigenvalue weighted by Gasteiger charge is 2.33. The highest BCUT2D eigenvalue weighted by Crippen LogP contribution is 2.35. The second-order valence-electron chi connectivity index (χ2n) is 7.59.